The molecular weight excluding hydrogens is 446 g/mol. The zero-order chi connectivity index (χ0) is 25.8. The molecule has 36 heavy (non-hydrogen) atoms. The number of hydrogen-bond acceptors (Lipinski definition) is 5. The molecule has 186 valence electrons. The molecule has 0 aliphatic heterocycles. The Balaban J connectivity index is 1.68. The van der Waals surface area contributed by atoms with Crippen molar-refractivity contribution < 1.29 is 5.11 Å². The largest absolute Gasteiger partial charge is 0.390 e. The van der Waals surface area contributed by atoms with Crippen molar-refractivity contribution in [2.75, 3.05) is 0 Å². The number of rotatable bonds is 5. The van der Waals surface area contributed by atoms with Crippen LogP contribution in [0, 0.1) is 20.8 Å². The zero-order valence-corrected chi connectivity index (χ0v) is 21.8. The minimum absolute atomic E-state index is 0.213. The second-order valence-electron chi connectivity index (χ2n) is 10.7. The Bertz CT molecular complexity index is 1510. The fourth-order valence-corrected chi connectivity index (χ4v) is 5.91. The molecule has 0 spiro atoms. The van der Waals surface area contributed by atoms with E-state index in [1.54, 1.807) is 0 Å². The number of allylic oxidation sites excluding steroid dienone is 7. The third kappa shape index (κ3) is 4.04. The Hall–Kier alpha value is -3.35. The van der Waals surface area contributed by atoms with Crippen LogP contribution in [0.3, 0.4) is 0 Å². The fourth-order valence-electron chi connectivity index (χ4n) is 5.91. The number of aryl methyl sites for hydroxylation is 3. The van der Waals surface area contributed by atoms with E-state index in [0.717, 1.165) is 51.3 Å². The van der Waals surface area contributed by atoms with Gasteiger partial charge in [0.25, 0.3) is 0 Å². The lowest BCUT2D eigenvalue weighted by molar-refractivity contribution is -0.0566. The number of aliphatic hydroxyl groups is 1. The smallest absolute Gasteiger partial charge is 0.165 e. The van der Waals surface area contributed by atoms with Gasteiger partial charge in [-0.1, -0.05) is 49.1 Å². The van der Waals surface area contributed by atoms with Crippen LogP contribution in [0.25, 0.3) is 22.3 Å². The van der Waals surface area contributed by atoms with E-state index in [1.807, 2.05) is 44.4 Å². The van der Waals surface area contributed by atoms with Gasteiger partial charge in [-0.25, -0.2) is 9.97 Å². The van der Waals surface area contributed by atoms with Crippen molar-refractivity contribution in [1.29, 1.82) is 0 Å². The molecule has 5 rings (SSSR count). The summed E-state index contributed by atoms with van der Waals surface area (Å²) in [4.78, 5) is 10.1. The first-order valence-electron chi connectivity index (χ1n) is 12.6. The van der Waals surface area contributed by atoms with Gasteiger partial charge in [-0.05, 0) is 76.2 Å². The molecular formula is C30H35N5O. The molecule has 3 N–H and O–H groups in total. The third-order valence-corrected chi connectivity index (χ3v) is 7.56. The summed E-state index contributed by atoms with van der Waals surface area (Å²) in [5.74, 6) is 0.213. The van der Waals surface area contributed by atoms with Crippen LogP contribution in [0.4, 0.5) is 0 Å². The molecule has 3 heterocycles. The first-order valence-corrected chi connectivity index (χ1v) is 12.6. The van der Waals surface area contributed by atoms with Crippen molar-refractivity contribution in [2.45, 2.75) is 70.9 Å². The number of nitrogens with two attached hydrogens (primary N) is 1. The Labute approximate surface area is 212 Å². The number of pyridine rings is 1. The molecule has 0 bridgehead atoms. The van der Waals surface area contributed by atoms with Crippen LogP contribution in [0.1, 0.15) is 67.2 Å². The van der Waals surface area contributed by atoms with Crippen LogP contribution < -0.4 is 5.73 Å². The van der Waals surface area contributed by atoms with Crippen LogP contribution in [0.2, 0.25) is 0 Å². The maximum absolute atomic E-state index is 10.2. The third-order valence-electron chi connectivity index (χ3n) is 7.56. The van der Waals surface area contributed by atoms with Gasteiger partial charge in [0.15, 0.2) is 11.3 Å². The molecule has 6 nitrogen and oxygen atoms in total. The summed E-state index contributed by atoms with van der Waals surface area (Å²) in [5, 5.41) is 16.0. The van der Waals surface area contributed by atoms with Crippen molar-refractivity contribution >= 4 is 22.3 Å². The van der Waals surface area contributed by atoms with Gasteiger partial charge in [0.1, 0.15) is 0 Å². The Morgan fingerprint density at radius 2 is 1.94 bits per heavy atom. The number of aromatic nitrogens is 4. The second-order valence-corrected chi connectivity index (χ2v) is 10.7. The molecule has 0 radical (unpaired) electrons. The number of nitrogens with zero attached hydrogens (tertiary/aromatic N) is 4. The maximum Gasteiger partial charge on any atom is 0.165 e. The van der Waals surface area contributed by atoms with E-state index < -0.39 is 11.1 Å². The summed E-state index contributed by atoms with van der Waals surface area (Å²) in [6, 6.07) is 1.99. The van der Waals surface area contributed by atoms with Crippen LogP contribution in [-0.2, 0) is 0 Å². The van der Waals surface area contributed by atoms with Crippen molar-refractivity contribution in [3.63, 3.8) is 0 Å². The first-order chi connectivity index (χ1) is 17.0. The first kappa shape index (κ1) is 24.3. The summed E-state index contributed by atoms with van der Waals surface area (Å²) in [6.45, 7) is 14.3. The monoisotopic (exact) mass is 481 g/mol. The van der Waals surface area contributed by atoms with Gasteiger partial charge in [-0.15, -0.1) is 0 Å². The molecule has 0 saturated heterocycles. The van der Waals surface area contributed by atoms with Gasteiger partial charge < -0.3 is 10.8 Å². The quantitative estimate of drug-likeness (QED) is 0.466. The molecule has 0 amide bonds. The van der Waals surface area contributed by atoms with E-state index >= 15 is 0 Å². The maximum atomic E-state index is 10.2. The molecule has 6 heteroatoms. The summed E-state index contributed by atoms with van der Waals surface area (Å²) in [6.07, 6.45) is 16.7. The minimum Gasteiger partial charge on any atom is -0.390 e. The molecule has 1 atom stereocenters. The average molecular weight is 482 g/mol. The van der Waals surface area contributed by atoms with Crippen LogP contribution in [-0.4, -0.2) is 35.8 Å². The van der Waals surface area contributed by atoms with Crippen molar-refractivity contribution in [3.8, 4) is 0 Å². The average Bonchev–Trinajstić information content (AvgIpc) is 3.18. The predicted octanol–water partition coefficient (Wildman–Crippen LogP) is 5.56. The van der Waals surface area contributed by atoms with Gasteiger partial charge >= 0.3 is 0 Å². The standard InChI is InChI=1S/C30H35N5O/c1-7-22(14-13-18(2)30(31)16-29(6,36)17-30)27-26(23-11-9-8-10-12-23)20(4)25-21(5)32-24-15-19(3)34-35(24)28(25)33-27/h7-11,13-15,23,36H,2,12,16-17,31H2,1,3-6H3. The lowest BCUT2D eigenvalue weighted by Crippen LogP contribution is -2.61. The highest BCUT2D eigenvalue weighted by atomic mass is 16.3. The summed E-state index contributed by atoms with van der Waals surface area (Å²) < 4.78 is 1.86. The molecule has 1 unspecified atom stereocenters. The highest BCUT2D eigenvalue weighted by molar-refractivity contribution is 5.89. The number of fused-ring (bicyclic) bond motifs is 3. The summed E-state index contributed by atoms with van der Waals surface area (Å²) in [7, 11) is 0. The van der Waals surface area contributed by atoms with Gasteiger partial charge in [0.05, 0.1) is 22.7 Å². The van der Waals surface area contributed by atoms with Crippen LogP contribution in [0.15, 0.2) is 60.8 Å². The van der Waals surface area contributed by atoms with Gasteiger partial charge in [-0.2, -0.15) is 9.61 Å². The van der Waals surface area contributed by atoms with Crippen molar-refractivity contribution in [1.82, 2.24) is 19.6 Å². The lowest BCUT2D eigenvalue weighted by atomic mass is 9.63. The normalized spacial score (nSPS) is 26.3. The topological polar surface area (TPSA) is 89.3 Å². The minimum atomic E-state index is -0.723. The molecule has 2 aliphatic rings. The molecule has 1 fully saturated rings. The van der Waals surface area contributed by atoms with Crippen molar-refractivity contribution in [3.05, 3.63) is 89.0 Å². The van der Waals surface area contributed by atoms with Crippen LogP contribution >= 0.6 is 0 Å². The lowest BCUT2D eigenvalue weighted by Gasteiger charge is -2.50. The number of hydrogen-bond donors (Lipinski definition) is 2. The molecule has 2 aliphatic carbocycles. The van der Waals surface area contributed by atoms with E-state index in [4.69, 9.17) is 20.8 Å². The second kappa shape index (κ2) is 8.64. The van der Waals surface area contributed by atoms with Gasteiger partial charge in [0, 0.05) is 22.9 Å². The SMILES string of the molecule is C=C(C=CC(=CC)c1nc2c(c(C)nc3cc(C)nn32)c(C)c1C1C=CC=CC1)C1(N)CC(C)(O)C1. The van der Waals surface area contributed by atoms with E-state index in [9.17, 15) is 5.11 Å². The van der Waals surface area contributed by atoms with Gasteiger partial charge in [-0.3, -0.25) is 0 Å². The highest BCUT2D eigenvalue weighted by Gasteiger charge is 2.49. The highest BCUT2D eigenvalue weighted by Crippen LogP contribution is 2.44. The molecule has 3 aromatic heterocycles. The van der Waals surface area contributed by atoms with Crippen molar-refractivity contribution in [2.24, 2.45) is 5.73 Å². The summed E-state index contributed by atoms with van der Waals surface area (Å²) >= 11 is 0. The Morgan fingerprint density at radius 1 is 1.19 bits per heavy atom. The van der Waals surface area contributed by atoms with E-state index in [1.165, 1.54) is 11.1 Å². The molecule has 0 aromatic carbocycles. The Kier molecular flexibility index (Phi) is 5.85. The van der Waals surface area contributed by atoms with Gasteiger partial charge in [0.2, 0.25) is 0 Å². The van der Waals surface area contributed by atoms with Crippen LogP contribution in [0.5, 0.6) is 0 Å². The summed E-state index contributed by atoms with van der Waals surface area (Å²) in [5.41, 5.74) is 13.8. The fraction of sp³-hybridized carbons (Fsp3) is 0.367. The molecule has 3 aromatic rings. The van der Waals surface area contributed by atoms with E-state index in [2.05, 4.69) is 50.0 Å². The van der Waals surface area contributed by atoms with E-state index in [0.29, 0.717) is 12.8 Å². The predicted molar refractivity (Wildman–Crippen MR) is 147 cm³/mol. The molecule has 1 saturated carbocycles. The Morgan fingerprint density at radius 3 is 2.58 bits per heavy atom. The van der Waals surface area contributed by atoms with E-state index in [-0.39, 0.29) is 5.92 Å². The zero-order valence-electron chi connectivity index (χ0n) is 21.8.